The molecule has 5 aromatic carbocycles. The predicted molar refractivity (Wildman–Crippen MR) is 181 cm³/mol. The number of nitrogen functional groups attached to an aromatic ring is 1. The molecule has 0 fully saturated rings. The van der Waals surface area contributed by atoms with Gasteiger partial charge in [0.05, 0.1) is 23.3 Å². The van der Waals surface area contributed by atoms with Crippen LogP contribution in [0.5, 0.6) is 0 Å². The van der Waals surface area contributed by atoms with Crippen LogP contribution < -0.4 is 15.4 Å². The number of amidine groups is 1. The van der Waals surface area contributed by atoms with Crippen molar-refractivity contribution in [3.8, 4) is 0 Å². The van der Waals surface area contributed by atoms with Crippen molar-refractivity contribution in [1.29, 1.82) is 5.41 Å². The van der Waals surface area contributed by atoms with Crippen LogP contribution in [0.3, 0.4) is 0 Å². The number of benzene rings is 5. The van der Waals surface area contributed by atoms with Gasteiger partial charge in [0.1, 0.15) is 10.7 Å². The molecule has 0 saturated heterocycles. The highest BCUT2D eigenvalue weighted by molar-refractivity contribution is 7.93. The number of para-hydroxylation sites is 1. The number of nitrogens with zero attached hydrogens (tertiary/aromatic N) is 2. The van der Waals surface area contributed by atoms with Gasteiger partial charge in [-0.1, -0.05) is 72.8 Å². The zero-order valence-electron chi connectivity index (χ0n) is 24.9. The van der Waals surface area contributed by atoms with Crippen LogP contribution in [0.15, 0.2) is 126 Å². The van der Waals surface area contributed by atoms with E-state index in [4.69, 9.17) is 11.1 Å². The number of pyridine rings is 1. The van der Waals surface area contributed by atoms with Crippen molar-refractivity contribution in [3.63, 3.8) is 0 Å². The molecule has 5 N–H and O–H groups in total. The number of carbonyl (C=O) groups excluding carboxylic acids is 1. The third kappa shape index (κ3) is 6.37. The van der Waals surface area contributed by atoms with Crippen LogP contribution in [0.25, 0.3) is 21.7 Å². The Morgan fingerprint density at radius 3 is 2.19 bits per heavy atom. The number of nitrogens with two attached hydrogens (primary N) is 1. The molecule has 0 unspecified atom stereocenters. The first-order valence-electron chi connectivity index (χ1n) is 14.5. The number of sulfonamides is 1. The highest BCUT2D eigenvalue weighted by Crippen LogP contribution is 2.32. The molecule has 234 valence electrons. The summed E-state index contributed by atoms with van der Waals surface area (Å²) in [7, 11) is -4.19. The van der Waals surface area contributed by atoms with Gasteiger partial charge in [-0.05, 0) is 64.4 Å². The summed E-state index contributed by atoms with van der Waals surface area (Å²) in [6.07, 6.45) is 1.54. The lowest BCUT2D eigenvalue weighted by molar-refractivity contribution is 0.0696. The van der Waals surface area contributed by atoms with Crippen LogP contribution >= 0.6 is 0 Å². The average Bonchev–Trinajstić information content (AvgIpc) is 3.09. The first-order chi connectivity index (χ1) is 22.6. The Morgan fingerprint density at radius 2 is 1.47 bits per heavy atom. The molecule has 0 aliphatic carbocycles. The SMILES string of the molecule is N=C(N)c1ccc(CNC(=O)c2cccc3cc(N(Cc4ccc(C(=O)O)cc4)S(=O)(=O)c4cccc5cccnc45)ccc23)cc1. The Balaban J connectivity index is 1.36. The Hall–Kier alpha value is -6.07. The highest BCUT2D eigenvalue weighted by Gasteiger charge is 2.28. The molecule has 0 atom stereocenters. The molecule has 0 bridgehead atoms. The lowest BCUT2D eigenvalue weighted by Crippen LogP contribution is -2.31. The van der Waals surface area contributed by atoms with Gasteiger partial charge in [0.25, 0.3) is 15.9 Å². The van der Waals surface area contributed by atoms with Crippen molar-refractivity contribution < 1.29 is 23.1 Å². The van der Waals surface area contributed by atoms with Gasteiger partial charge in [-0.3, -0.25) is 19.5 Å². The van der Waals surface area contributed by atoms with Crippen LogP contribution in [0.2, 0.25) is 0 Å². The first-order valence-corrected chi connectivity index (χ1v) is 16.0. The molecule has 0 spiro atoms. The second kappa shape index (κ2) is 12.7. The Labute approximate surface area is 270 Å². The van der Waals surface area contributed by atoms with Crippen molar-refractivity contribution in [1.82, 2.24) is 10.3 Å². The number of hydrogen-bond acceptors (Lipinski definition) is 6. The molecule has 11 heteroatoms. The maximum atomic E-state index is 14.4. The van der Waals surface area contributed by atoms with E-state index in [2.05, 4.69) is 10.3 Å². The van der Waals surface area contributed by atoms with Gasteiger partial charge in [-0.2, -0.15) is 0 Å². The van der Waals surface area contributed by atoms with Crippen molar-refractivity contribution in [2.24, 2.45) is 5.73 Å². The molecule has 6 rings (SSSR count). The summed E-state index contributed by atoms with van der Waals surface area (Å²) >= 11 is 0. The van der Waals surface area contributed by atoms with Crippen LogP contribution in [0.1, 0.15) is 37.4 Å². The quantitative estimate of drug-likeness (QED) is 0.110. The largest absolute Gasteiger partial charge is 0.478 e. The number of fused-ring (bicyclic) bond motifs is 2. The molecule has 0 saturated carbocycles. The molecule has 1 amide bonds. The summed E-state index contributed by atoms with van der Waals surface area (Å²) in [5.74, 6) is -1.42. The topological polar surface area (TPSA) is 167 Å². The van der Waals surface area contributed by atoms with Crippen LogP contribution in [0.4, 0.5) is 5.69 Å². The number of aromatic carboxylic acids is 1. The smallest absolute Gasteiger partial charge is 0.335 e. The fraction of sp³-hybridized carbons (Fsp3) is 0.0556. The Kier molecular flexibility index (Phi) is 8.38. The lowest BCUT2D eigenvalue weighted by atomic mass is 10.0. The number of carbonyl (C=O) groups is 2. The molecule has 6 aromatic rings. The van der Waals surface area contributed by atoms with Crippen LogP contribution in [-0.4, -0.2) is 36.2 Å². The molecule has 47 heavy (non-hydrogen) atoms. The van der Waals surface area contributed by atoms with Crippen LogP contribution in [0, 0.1) is 5.41 Å². The molecule has 1 aromatic heterocycles. The molecule has 0 radical (unpaired) electrons. The highest BCUT2D eigenvalue weighted by atomic mass is 32.2. The van der Waals surface area contributed by atoms with Crippen molar-refractivity contribution in [2.75, 3.05) is 4.31 Å². The van der Waals surface area contributed by atoms with E-state index < -0.39 is 16.0 Å². The maximum Gasteiger partial charge on any atom is 0.335 e. The fourth-order valence-electron chi connectivity index (χ4n) is 5.34. The van der Waals surface area contributed by atoms with Gasteiger partial charge in [-0.25, -0.2) is 13.2 Å². The molecular formula is C36H29N5O5S. The van der Waals surface area contributed by atoms with E-state index in [-0.39, 0.29) is 35.3 Å². The molecule has 0 aliphatic heterocycles. The number of carboxylic acids is 1. The van der Waals surface area contributed by atoms with Crippen molar-refractivity contribution >= 4 is 55.1 Å². The summed E-state index contributed by atoms with van der Waals surface area (Å²) in [4.78, 5) is 29.1. The second-order valence-electron chi connectivity index (χ2n) is 10.8. The third-order valence-electron chi connectivity index (χ3n) is 7.81. The van der Waals surface area contributed by atoms with E-state index >= 15 is 0 Å². The second-order valence-corrected chi connectivity index (χ2v) is 12.7. The number of carboxylic acid groups (broad SMARTS) is 1. The lowest BCUT2D eigenvalue weighted by Gasteiger charge is -2.26. The van der Waals surface area contributed by atoms with Crippen molar-refractivity contribution in [3.05, 3.63) is 149 Å². The van der Waals surface area contributed by atoms with Crippen LogP contribution in [-0.2, 0) is 23.1 Å². The van der Waals surface area contributed by atoms with E-state index in [1.165, 1.54) is 22.5 Å². The van der Waals surface area contributed by atoms with Crippen molar-refractivity contribution in [2.45, 2.75) is 18.0 Å². The van der Waals surface area contributed by atoms with E-state index in [1.54, 1.807) is 97.2 Å². The predicted octanol–water partition coefficient (Wildman–Crippen LogP) is 5.70. The zero-order valence-corrected chi connectivity index (χ0v) is 25.7. The summed E-state index contributed by atoms with van der Waals surface area (Å²) in [6.45, 7) is 0.177. The number of hydrogen-bond donors (Lipinski definition) is 4. The molecule has 1 heterocycles. The minimum absolute atomic E-state index is 0.0299. The number of aromatic nitrogens is 1. The maximum absolute atomic E-state index is 14.4. The Bertz CT molecular complexity index is 2270. The summed E-state index contributed by atoms with van der Waals surface area (Å²) in [6, 6.07) is 31.9. The van der Waals surface area contributed by atoms with E-state index in [9.17, 15) is 23.1 Å². The minimum Gasteiger partial charge on any atom is -0.478 e. The normalized spacial score (nSPS) is 11.3. The monoisotopic (exact) mass is 643 g/mol. The fourth-order valence-corrected chi connectivity index (χ4v) is 6.95. The number of amides is 1. The summed E-state index contributed by atoms with van der Waals surface area (Å²) in [5, 5.41) is 21.8. The molecule has 10 nitrogen and oxygen atoms in total. The number of rotatable bonds is 10. The molecule has 0 aliphatic rings. The summed E-state index contributed by atoms with van der Waals surface area (Å²) in [5.41, 5.74) is 8.74. The third-order valence-corrected chi connectivity index (χ3v) is 9.61. The van der Waals surface area contributed by atoms with Gasteiger partial charge in [-0.15, -0.1) is 0 Å². The summed E-state index contributed by atoms with van der Waals surface area (Å²) < 4.78 is 30.1. The van der Waals surface area contributed by atoms with Gasteiger partial charge in [0.15, 0.2) is 0 Å². The standard InChI is InChI=1S/C36H29N5O5S/c37-34(38)26-13-9-23(10-14-26)21-40-35(42)31-7-1-5-28-20-29(17-18-30(28)31)41(22-24-11-15-27(16-12-24)36(43)44)47(45,46)32-8-2-4-25-6-3-19-39-33(25)32/h1-20H,21-22H2,(H3,37,38)(H,40,42)(H,43,44). The average molecular weight is 644 g/mol. The molecular weight excluding hydrogens is 614 g/mol. The Morgan fingerprint density at radius 1 is 0.809 bits per heavy atom. The first kappa shape index (κ1) is 30.9. The van der Waals surface area contributed by atoms with Gasteiger partial charge >= 0.3 is 5.97 Å². The van der Waals surface area contributed by atoms with E-state index in [0.717, 1.165) is 5.56 Å². The van der Waals surface area contributed by atoms with Gasteiger partial charge < -0.3 is 16.2 Å². The van der Waals surface area contributed by atoms with E-state index in [1.807, 2.05) is 6.07 Å². The van der Waals surface area contributed by atoms with Gasteiger partial charge in [0, 0.05) is 29.3 Å². The minimum atomic E-state index is -4.19. The van der Waals surface area contributed by atoms with Gasteiger partial charge in [0.2, 0.25) is 0 Å². The number of nitrogens with one attached hydrogen (secondary N) is 2. The number of anilines is 1. The zero-order chi connectivity index (χ0) is 33.1. The van der Waals surface area contributed by atoms with E-state index in [0.29, 0.717) is 44.1 Å².